The molecule has 1 rings (SSSR count). The highest BCUT2D eigenvalue weighted by Crippen LogP contribution is 2.04. The molecular formula is C7H6NO2. The standard InChI is InChI=1S/C7H6NO2/c1-6(9)10-7-3-2-4-8-5-7/h2,4-5H,1H3. The highest BCUT2D eigenvalue weighted by molar-refractivity contribution is 5.68. The smallest absolute Gasteiger partial charge is 0.308 e. The molecule has 0 aliphatic heterocycles. The van der Waals surface area contributed by atoms with Crippen LogP contribution in [0.2, 0.25) is 0 Å². The van der Waals surface area contributed by atoms with Crippen LogP contribution in [0.1, 0.15) is 6.92 Å². The fourth-order valence-electron chi connectivity index (χ4n) is 0.521. The minimum Gasteiger partial charge on any atom is -0.424 e. The van der Waals surface area contributed by atoms with Crippen molar-refractivity contribution < 1.29 is 9.53 Å². The maximum absolute atomic E-state index is 10.3. The Morgan fingerprint density at radius 1 is 1.80 bits per heavy atom. The molecule has 0 amide bonds. The van der Waals surface area contributed by atoms with E-state index < -0.39 is 0 Å². The van der Waals surface area contributed by atoms with Crippen molar-refractivity contribution in [3.05, 3.63) is 24.5 Å². The summed E-state index contributed by atoms with van der Waals surface area (Å²) in [4.78, 5) is 14.1. The first-order valence-corrected chi connectivity index (χ1v) is 2.79. The van der Waals surface area contributed by atoms with Gasteiger partial charge in [0.1, 0.15) is 0 Å². The lowest BCUT2D eigenvalue weighted by molar-refractivity contribution is -0.131. The summed E-state index contributed by atoms with van der Waals surface area (Å²) in [6.45, 7) is 1.33. The zero-order valence-electron chi connectivity index (χ0n) is 5.50. The zero-order valence-corrected chi connectivity index (χ0v) is 5.50. The van der Waals surface area contributed by atoms with Gasteiger partial charge in [0.25, 0.3) is 0 Å². The van der Waals surface area contributed by atoms with E-state index in [1.165, 1.54) is 13.1 Å². The Morgan fingerprint density at radius 3 is 3.10 bits per heavy atom. The van der Waals surface area contributed by atoms with Gasteiger partial charge in [0.15, 0.2) is 5.75 Å². The van der Waals surface area contributed by atoms with Gasteiger partial charge in [-0.05, 0) is 6.07 Å². The molecular weight excluding hydrogens is 130 g/mol. The molecule has 3 nitrogen and oxygen atoms in total. The summed E-state index contributed by atoms with van der Waals surface area (Å²) in [5.74, 6) is -0.000694. The van der Waals surface area contributed by atoms with Gasteiger partial charge in [-0.3, -0.25) is 9.78 Å². The third-order valence-corrected chi connectivity index (χ3v) is 0.832. The average molecular weight is 136 g/mol. The number of hydrogen-bond acceptors (Lipinski definition) is 3. The maximum atomic E-state index is 10.3. The summed E-state index contributed by atoms with van der Waals surface area (Å²) < 4.78 is 4.66. The van der Waals surface area contributed by atoms with Gasteiger partial charge in [0.2, 0.25) is 0 Å². The molecule has 1 radical (unpaired) electrons. The van der Waals surface area contributed by atoms with Crippen LogP contribution in [0.4, 0.5) is 0 Å². The third-order valence-electron chi connectivity index (χ3n) is 0.832. The molecule has 51 valence electrons. The fourth-order valence-corrected chi connectivity index (χ4v) is 0.521. The molecule has 0 unspecified atom stereocenters. The minimum atomic E-state index is -0.357. The molecule has 0 aliphatic rings. The average Bonchev–Trinajstić information content (AvgIpc) is 1.88. The predicted octanol–water partition coefficient (Wildman–Crippen LogP) is 0.807. The molecule has 0 saturated heterocycles. The molecule has 0 bridgehead atoms. The van der Waals surface area contributed by atoms with Crippen molar-refractivity contribution in [3.8, 4) is 5.75 Å². The summed E-state index contributed by atoms with van der Waals surface area (Å²) >= 11 is 0. The molecule has 0 fully saturated rings. The monoisotopic (exact) mass is 136 g/mol. The Kier molecular flexibility index (Phi) is 1.99. The number of ether oxygens (including phenoxy) is 1. The van der Waals surface area contributed by atoms with E-state index in [4.69, 9.17) is 0 Å². The molecule has 0 aromatic carbocycles. The molecule has 1 heterocycles. The predicted molar refractivity (Wildman–Crippen MR) is 34.4 cm³/mol. The largest absolute Gasteiger partial charge is 0.424 e. The van der Waals surface area contributed by atoms with Crippen LogP contribution >= 0.6 is 0 Å². The number of esters is 1. The summed E-state index contributed by atoms with van der Waals surface area (Å²) in [5.41, 5.74) is 0. The first-order valence-electron chi connectivity index (χ1n) is 2.79. The Hall–Kier alpha value is -1.38. The molecule has 0 aliphatic carbocycles. The number of nitrogens with zero attached hydrogens (tertiary/aromatic N) is 1. The number of hydrogen-bond donors (Lipinski definition) is 0. The van der Waals surface area contributed by atoms with E-state index in [0.717, 1.165) is 0 Å². The van der Waals surface area contributed by atoms with Crippen molar-refractivity contribution in [1.29, 1.82) is 0 Å². The molecule has 0 spiro atoms. The Labute approximate surface area is 58.7 Å². The van der Waals surface area contributed by atoms with Gasteiger partial charge in [0, 0.05) is 19.2 Å². The van der Waals surface area contributed by atoms with E-state index in [9.17, 15) is 4.79 Å². The van der Waals surface area contributed by atoms with Crippen molar-refractivity contribution >= 4 is 5.97 Å². The van der Waals surface area contributed by atoms with Crippen molar-refractivity contribution in [2.24, 2.45) is 0 Å². The lowest BCUT2D eigenvalue weighted by Crippen LogP contribution is -2.01. The van der Waals surface area contributed by atoms with Crippen LogP contribution in [-0.4, -0.2) is 11.0 Å². The van der Waals surface area contributed by atoms with E-state index in [2.05, 4.69) is 15.8 Å². The van der Waals surface area contributed by atoms with Gasteiger partial charge in [-0.25, -0.2) is 0 Å². The van der Waals surface area contributed by atoms with Crippen LogP contribution in [0.3, 0.4) is 0 Å². The second kappa shape index (κ2) is 2.96. The van der Waals surface area contributed by atoms with Gasteiger partial charge >= 0.3 is 5.97 Å². The molecule has 10 heavy (non-hydrogen) atoms. The highest BCUT2D eigenvalue weighted by Gasteiger charge is 1.94. The van der Waals surface area contributed by atoms with Crippen LogP contribution in [0.5, 0.6) is 5.75 Å². The van der Waals surface area contributed by atoms with E-state index in [1.54, 1.807) is 12.3 Å². The number of carbonyl (C=O) groups excluding carboxylic acids is 1. The fraction of sp³-hybridized carbons (Fsp3) is 0.143. The normalized spacial score (nSPS) is 8.90. The molecule has 3 heteroatoms. The van der Waals surface area contributed by atoms with Gasteiger partial charge in [-0.15, -0.1) is 0 Å². The summed E-state index contributed by atoms with van der Waals surface area (Å²) in [6.07, 6.45) is 2.99. The maximum Gasteiger partial charge on any atom is 0.308 e. The first kappa shape index (κ1) is 6.74. The number of carbonyl (C=O) groups is 1. The molecule has 0 saturated carbocycles. The molecule has 0 atom stereocenters. The van der Waals surface area contributed by atoms with Crippen LogP contribution in [0.15, 0.2) is 18.5 Å². The van der Waals surface area contributed by atoms with E-state index >= 15 is 0 Å². The van der Waals surface area contributed by atoms with Crippen LogP contribution in [-0.2, 0) is 4.79 Å². The van der Waals surface area contributed by atoms with E-state index in [0.29, 0.717) is 5.75 Å². The van der Waals surface area contributed by atoms with Crippen molar-refractivity contribution in [1.82, 2.24) is 4.98 Å². The summed E-state index contributed by atoms with van der Waals surface area (Å²) in [6, 6.07) is 4.28. The Morgan fingerprint density at radius 2 is 2.60 bits per heavy atom. The zero-order chi connectivity index (χ0) is 7.40. The molecule has 1 aromatic rings. The van der Waals surface area contributed by atoms with E-state index in [1.807, 2.05) is 0 Å². The van der Waals surface area contributed by atoms with E-state index in [-0.39, 0.29) is 5.97 Å². The second-order valence-corrected chi connectivity index (χ2v) is 1.70. The number of aromatic nitrogens is 1. The van der Waals surface area contributed by atoms with Gasteiger partial charge in [0.05, 0.1) is 6.20 Å². The minimum absolute atomic E-state index is 0.356. The van der Waals surface area contributed by atoms with Crippen molar-refractivity contribution in [2.75, 3.05) is 0 Å². The lowest BCUT2D eigenvalue weighted by atomic mass is 10.5. The first-order chi connectivity index (χ1) is 4.79. The summed E-state index contributed by atoms with van der Waals surface area (Å²) in [7, 11) is 0. The quantitative estimate of drug-likeness (QED) is 0.536. The lowest BCUT2D eigenvalue weighted by Gasteiger charge is -1.96. The molecule has 0 N–H and O–H groups in total. The van der Waals surface area contributed by atoms with Crippen molar-refractivity contribution in [3.63, 3.8) is 0 Å². The third kappa shape index (κ3) is 1.85. The topological polar surface area (TPSA) is 39.2 Å². The van der Waals surface area contributed by atoms with Gasteiger partial charge in [-0.2, -0.15) is 0 Å². The van der Waals surface area contributed by atoms with Crippen LogP contribution in [0, 0.1) is 6.07 Å². The molecule has 1 aromatic heterocycles. The van der Waals surface area contributed by atoms with Crippen LogP contribution < -0.4 is 4.74 Å². The van der Waals surface area contributed by atoms with Crippen LogP contribution in [0.25, 0.3) is 0 Å². The number of rotatable bonds is 1. The second-order valence-electron chi connectivity index (χ2n) is 1.70. The van der Waals surface area contributed by atoms with Crippen molar-refractivity contribution in [2.45, 2.75) is 6.92 Å². The summed E-state index contributed by atoms with van der Waals surface area (Å²) in [5, 5.41) is 0. The number of pyridine rings is 1. The highest BCUT2D eigenvalue weighted by atomic mass is 16.5. The Balaban J connectivity index is 2.67. The SMILES string of the molecule is CC(=O)Oc1[c]ccnc1. The van der Waals surface area contributed by atoms with Gasteiger partial charge < -0.3 is 4.74 Å². The Bertz CT molecular complexity index is 220. The van der Waals surface area contributed by atoms with Gasteiger partial charge in [-0.1, -0.05) is 0 Å².